The van der Waals surface area contributed by atoms with Crippen molar-refractivity contribution in [1.82, 2.24) is 0 Å². The maximum absolute atomic E-state index is 5.04. The maximum Gasteiger partial charge on any atom is 0.105 e. The highest BCUT2D eigenvalue weighted by atomic mass is 16.6. The molecule has 0 amide bonds. The van der Waals surface area contributed by atoms with Crippen LogP contribution in [0.15, 0.2) is 12.7 Å². The molecule has 0 unspecified atom stereocenters. The van der Waals surface area contributed by atoms with E-state index in [0.717, 1.165) is 13.0 Å². The molecule has 0 aromatic heterocycles. The van der Waals surface area contributed by atoms with Gasteiger partial charge in [0.2, 0.25) is 0 Å². The van der Waals surface area contributed by atoms with Crippen molar-refractivity contribution < 1.29 is 4.74 Å². The van der Waals surface area contributed by atoms with Crippen LogP contribution in [0.5, 0.6) is 0 Å². The zero-order valence-corrected chi connectivity index (χ0v) is 6.10. The van der Waals surface area contributed by atoms with Gasteiger partial charge < -0.3 is 4.74 Å². The fourth-order valence-corrected chi connectivity index (χ4v) is 0.571. The molecule has 0 saturated carbocycles. The zero-order valence-electron chi connectivity index (χ0n) is 6.10. The minimum atomic E-state index is 0.833. The number of hydrogen-bond acceptors (Lipinski definition) is 1. The monoisotopic (exact) mass is 129 g/mol. The van der Waals surface area contributed by atoms with Crippen LogP contribution < -0.4 is 0 Å². The summed E-state index contributed by atoms with van der Waals surface area (Å²) in [5, 5.41) is 0. The van der Waals surface area contributed by atoms with Crippen LogP contribution in [0, 0.1) is 6.61 Å². The Hall–Kier alpha value is -0.300. The predicted molar refractivity (Wildman–Crippen MR) is 40.0 cm³/mol. The van der Waals surface area contributed by atoms with Crippen LogP contribution in [0.2, 0.25) is 0 Å². The van der Waals surface area contributed by atoms with Crippen molar-refractivity contribution in [3.8, 4) is 0 Å². The van der Waals surface area contributed by atoms with E-state index in [4.69, 9.17) is 4.74 Å². The molecule has 0 aromatic rings. The van der Waals surface area contributed by atoms with E-state index in [9.17, 15) is 0 Å². The summed E-state index contributed by atoms with van der Waals surface area (Å²) in [4.78, 5) is 0. The van der Waals surface area contributed by atoms with Crippen molar-refractivity contribution in [3.63, 3.8) is 0 Å². The molecule has 0 aliphatic carbocycles. The molecular formula is C8H15O. The van der Waals surface area contributed by atoms with Crippen molar-refractivity contribution in [1.29, 1.82) is 0 Å². The second-order valence-corrected chi connectivity index (χ2v) is 1.95. The molecule has 0 fully saturated rings. The van der Waals surface area contributed by atoms with E-state index in [1.165, 1.54) is 12.8 Å². The summed E-state index contributed by atoms with van der Waals surface area (Å²) in [5.74, 6) is 0. The largest absolute Gasteiger partial charge is 0.371 e. The second-order valence-electron chi connectivity index (χ2n) is 1.95. The van der Waals surface area contributed by atoms with Gasteiger partial charge in [-0.15, -0.1) is 6.58 Å². The third kappa shape index (κ3) is 7.70. The first-order valence-corrected chi connectivity index (χ1v) is 3.47. The molecule has 0 spiro atoms. The van der Waals surface area contributed by atoms with Gasteiger partial charge in [0.1, 0.15) is 6.61 Å². The molecule has 0 bridgehead atoms. The summed E-state index contributed by atoms with van der Waals surface area (Å²) in [7, 11) is 0. The normalized spacial score (nSPS) is 9.44. The van der Waals surface area contributed by atoms with Crippen LogP contribution in [0.3, 0.4) is 0 Å². The maximum atomic E-state index is 5.04. The Kier molecular flexibility index (Phi) is 7.44. The molecule has 0 aromatic carbocycles. The van der Waals surface area contributed by atoms with Gasteiger partial charge in [-0.05, 0) is 6.42 Å². The minimum absolute atomic E-state index is 0.833. The molecule has 0 aliphatic rings. The third-order valence-corrected chi connectivity index (χ3v) is 1.06. The summed E-state index contributed by atoms with van der Waals surface area (Å²) < 4.78 is 5.04. The van der Waals surface area contributed by atoms with Gasteiger partial charge in [0.05, 0.1) is 0 Å². The summed E-state index contributed by atoms with van der Waals surface area (Å²) >= 11 is 0. The van der Waals surface area contributed by atoms with E-state index in [1.807, 2.05) is 0 Å². The van der Waals surface area contributed by atoms with Gasteiger partial charge in [-0.2, -0.15) is 0 Å². The van der Waals surface area contributed by atoms with Crippen molar-refractivity contribution in [3.05, 3.63) is 19.3 Å². The molecule has 0 aliphatic heterocycles. The molecule has 1 nitrogen and oxygen atoms in total. The van der Waals surface area contributed by atoms with E-state index < -0.39 is 0 Å². The highest BCUT2D eigenvalue weighted by molar-refractivity contribution is 4.76. The SMILES string of the molecule is C=C[CH]O[14CH2]CCCC. The average molecular weight is 129 g/mol. The predicted octanol–water partition coefficient (Wildman–Crippen LogP) is 2.54. The van der Waals surface area contributed by atoms with Crippen LogP contribution >= 0.6 is 0 Å². The van der Waals surface area contributed by atoms with Crippen LogP contribution in [0.1, 0.15) is 26.2 Å². The Bertz CT molecular complexity index is 59.6. The Labute approximate surface area is 57.7 Å². The molecule has 0 N–H and O–H groups in total. The smallest absolute Gasteiger partial charge is 0.105 e. The van der Waals surface area contributed by atoms with Gasteiger partial charge >= 0.3 is 0 Å². The number of unbranched alkanes of at least 4 members (excludes halogenated alkanes) is 2. The third-order valence-electron chi connectivity index (χ3n) is 1.06. The van der Waals surface area contributed by atoms with Crippen molar-refractivity contribution >= 4 is 0 Å². The Balaban J connectivity index is 2.66. The van der Waals surface area contributed by atoms with Gasteiger partial charge in [0.25, 0.3) is 0 Å². The Morgan fingerprint density at radius 1 is 1.67 bits per heavy atom. The van der Waals surface area contributed by atoms with Gasteiger partial charge in [0, 0.05) is 6.61 Å². The first-order valence-electron chi connectivity index (χ1n) is 3.47. The van der Waals surface area contributed by atoms with Crippen LogP contribution in [0.25, 0.3) is 0 Å². The summed E-state index contributed by atoms with van der Waals surface area (Å²) in [5.41, 5.74) is 0. The fraction of sp³-hybridized carbons (Fsp3) is 0.625. The summed E-state index contributed by atoms with van der Waals surface area (Å²) in [6.45, 7) is 8.14. The second kappa shape index (κ2) is 7.70. The molecule has 1 radical (unpaired) electrons. The molecule has 0 atom stereocenters. The molecule has 1 heteroatoms. The highest BCUT2D eigenvalue weighted by Crippen LogP contribution is 1.94. The van der Waals surface area contributed by atoms with Gasteiger partial charge in [-0.1, -0.05) is 25.8 Å². The lowest BCUT2D eigenvalue weighted by molar-refractivity contribution is 0.209. The Morgan fingerprint density at radius 2 is 2.44 bits per heavy atom. The lowest BCUT2D eigenvalue weighted by atomic mass is 10.3. The van der Waals surface area contributed by atoms with E-state index >= 15 is 0 Å². The van der Waals surface area contributed by atoms with E-state index in [0.29, 0.717) is 0 Å². The van der Waals surface area contributed by atoms with E-state index in [2.05, 4.69) is 13.5 Å². The lowest BCUT2D eigenvalue weighted by Gasteiger charge is -1.96. The Morgan fingerprint density at radius 3 is 3.00 bits per heavy atom. The topological polar surface area (TPSA) is 9.23 Å². The van der Waals surface area contributed by atoms with Crippen molar-refractivity contribution in [2.24, 2.45) is 0 Å². The zero-order chi connectivity index (χ0) is 6.95. The van der Waals surface area contributed by atoms with Gasteiger partial charge in [-0.25, -0.2) is 0 Å². The first-order chi connectivity index (χ1) is 4.41. The molecule has 0 saturated heterocycles. The molecular weight excluding hydrogens is 114 g/mol. The molecule has 9 heavy (non-hydrogen) atoms. The first kappa shape index (κ1) is 8.70. The average Bonchev–Trinajstić information content (AvgIpc) is 1.89. The number of rotatable bonds is 6. The lowest BCUT2D eigenvalue weighted by Crippen LogP contribution is -1.88. The standard InChI is InChI=1S/C8H15O/c1-3-5-6-8-9-7-4-2/h4,7H,2-3,5-6,8H2,1H3/i8+2. The fourth-order valence-electron chi connectivity index (χ4n) is 0.571. The van der Waals surface area contributed by atoms with E-state index in [-0.39, 0.29) is 0 Å². The van der Waals surface area contributed by atoms with Crippen molar-refractivity contribution in [2.45, 2.75) is 26.2 Å². The van der Waals surface area contributed by atoms with E-state index in [1.54, 1.807) is 12.7 Å². The quantitative estimate of drug-likeness (QED) is 0.501. The van der Waals surface area contributed by atoms with Crippen LogP contribution in [0.4, 0.5) is 0 Å². The minimum Gasteiger partial charge on any atom is -0.371 e. The van der Waals surface area contributed by atoms with Crippen LogP contribution in [-0.4, -0.2) is 6.61 Å². The highest BCUT2D eigenvalue weighted by Gasteiger charge is 1.83. The number of ether oxygens (including phenoxy) is 1. The summed E-state index contributed by atoms with van der Waals surface area (Å²) in [6.07, 6.45) is 5.31. The molecule has 53 valence electrons. The summed E-state index contributed by atoms with van der Waals surface area (Å²) in [6, 6.07) is 0. The van der Waals surface area contributed by atoms with Gasteiger partial charge in [-0.3, -0.25) is 0 Å². The molecule has 0 rings (SSSR count). The molecule has 0 heterocycles. The number of hydrogen-bond donors (Lipinski definition) is 0. The van der Waals surface area contributed by atoms with Crippen molar-refractivity contribution in [2.75, 3.05) is 6.61 Å². The van der Waals surface area contributed by atoms with Crippen LogP contribution in [-0.2, 0) is 4.74 Å². The van der Waals surface area contributed by atoms with Gasteiger partial charge in [0.15, 0.2) is 0 Å².